The molecule has 0 saturated heterocycles. The molecule has 1 unspecified atom stereocenters. The molecule has 3 nitrogen and oxygen atoms in total. The minimum atomic E-state index is -1.38. The lowest BCUT2D eigenvalue weighted by atomic mass is 10.1. The second kappa shape index (κ2) is 4.25. The van der Waals surface area contributed by atoms with Crippen LogP contribution in [0, 0.1) is 5.92 Å². The molecule has 0 saturated carbocycles. The van der Waals surface area contributed by atoms with E-state index in [-0.39, 0.29) is 5.92 Å². The van der Waals surface area contributed by atoms with Crippen LogP contribution in [-0.2, 0) is 9.53 Å². The first-order valence-electron chi connectivity index (χ1n) is 3.51. The predicted octanol–water partition coefficient (Wildman–Crippen LogP) is 1.33. The van der Waals surface area contributed by atoms with Gasteiger partial charge in [0.2, 0.25) is 3.61 Å². The van der Waals surface area contributed by atoms with Crippen molar-refractivity contribution in [3.8, 4) is 0 Å². The average molecular weight is 272 g/mol. The Morgan fingerprint density at radius 1 is 1.73 bits per heavy atom. The molecule has 0 radical (unpaired) electrons. The topological polar surface area (TPSA) is 46.5 Å². The molecule has 1 atom stereocenters. The van der Waals surface area contributed by atoms with Gasteiger partial charge in [-0.1, -0.05) is 13.8 Å². The van der Waals surface area contributed by atoms with Crippen LogP contribution in [0.4, 0.5) is 0 Å². The summed E-state index contributed by atoms with van der Waals surface area (Å²) in [7, 11) is 0. The monoisotopic (exact) mass is 272 g/mol. The summed E-state index contributed by atoms with van der Waals surface area (Å²) in [6.07, 6.45) is 0. The normalized spacial score (nSPS) is 16.2. The Balaban J connectivity index is 4.18. The molecule has 0 aromatic rings. The molecule has 66 valence electrons. The standard InChI is InChI=1S/C7H13IO3/c1-4-11-6(9)7(8,10)5(2)3/h5,10H,4H2,1-3H3. The van der Waals surface area contributed by atoms with Crippen molar-refractivity contribution >= 4 is 28.6 Å². The van der Waals surface area contributed by atoms with Crippen LogP contribution in [0.5, 0.6) is 0 Å². The predicted molar refractivity (Wildman–Crippen MR) is 50.4 cm³/mol. The molecule has 0 rings (SSSR count). The Labute approximate surface area is 80.3 Å². The van der Waals surface area contributed by atoms with Gasteiger partial charge in [0.15, 0.2) is 0 Å². The Kier molecular flexibility index (Phi) is 4.31. The van der Waals surface area contributed by atoms with Crippen molar-refractivity contribution in [2.75, 3.05) is 6.61 Å². The second-order valence-corrected chi connectivity index (χ2v) is 4.19. The molecule has 0 bridgehead atoms. The first-order valence-corrected chi connectivity index (χ1v) is 4.59. The maximum atomic E-state index is 11.0. The Hall–Kier alpha value is 0.160. The molecule has 0 aromatic carbocycles. The van der Waals surface area contributed by atoms with Gasteiger partial charge in [-0.2, -0.15) is 0 Å². The van der Waals surface area contributed by atoms with Gasteiger partial charge in [0, 0.05) is 5.92 Å². The van der Waals surface area contributed by atoms with Gasteiger partial charge in [0.1, 0.15) is 0 Å². The van der Waals surface area contributed by atoms with Gasteiger partial charge in [-0.05, 0) is 29.5 Å². The summed E-state index contributed by atoms with van der Waals surface area (Å²) in [6, 6.07) is 0. The SMILES string of the molecule is CCOC(=O)C(O)(I)C(C)C. The fraction of sp³-hybridized carbons (Fsp3) is 0.857. The third-order valence-corrected chi connectivity index (χ3v) is 3.01. The molecular weight excluding hydrogens is 259 g/mol. The second-order valence-electron chi connectivity index (χ2n) is 2.55. The molecule has 0 aromatic heterocycles. The summed E-state index contributed by atoms with van der Waals surface area (Å²) in [5.41, 5.74) is 0. The largest absolute Gasteiger partial charge is 0.463 e. The Morgan fingerprint density at radius 2 is 2.18 bits per heavy atom. The van der Waals surface area contributed by atoms with E-state index < -0.39 is 9.58 Å². The molecule has 0 aliphatic heterocycles. The maximum Gasteiger partial charge on any atom is 0.348 e. The lowest BCUT2D eigenvalue weighted by Gasteiger charge is -2.22. The van der Waals surface area contributed by atoms with Crippen molar-refractivity contribution in [3.63, 3.8) is 0 Å². The lowest BCUT2D eigenvalue weighted by molar-refractivity contribution is -0.157. The highest BCUT2D eigenvalue weighted by atomic mass is 127. The fourth-order valence-corrected chi connectivity index (χ4v) is 0.624. The first kappa shape index (κ1) is 11.2. The molecule has 0 amide bonds. The zero-order valence-electron chi connectivity index (χ0n) is 6.93. The van der Waals surface area contributed by atoms with Crippen LogP contribution in [-0.4, -0.2) is 21.3 Å². The Bertz CT molecular complexity index is 143. The number of alkyl halides is 1. The molecule has 11 heavy (non-hydrogen) atoms. The molecule has 0 aliphatic carbocycles. The zero-order chi connectivity index (χ0) is 9.07. The molecule has 0 aliphatic rings. The third kappa shape index (κ3) is 2.94. The number of hydrogen-bond acceptors (Lipinski definition) is 3. The Morgan fingerprint density at radius 3 is 2.45 bits per heavy atom. The van der Waals surface area contributed by atoms with Gasteiger partial charge in [0.05, 0.1) is 6.61 Å². The highest BCUT2D eigenvalue weighted by molar-refractivity contribution is 14.1. The van der Waals surface area contributed by atoms with E-state index in [0.717, 1.165) is 0 Å². The number of carbonyl (C=O) groups excluding carboxylic acids is 1. The molecule has 4 heteroatoms. The number of halogens is 1. The summed E-state index contributed by atoms with van der Waals surface area (Å²) in [6.45, 7) is 5.55. The van der Waals surface area contributed by atoms with Gasteiger partial charge in [-0.3, -0.25) is 0 Å². The highest BCUT2D eigenvalue weighted by Gasteiger charge is 2.37. The van der Waals surface area contributed by atoms with E-state index in [2.05, 4.69) is 4.74 Å². The van der Waals surface area contributed by atoms with E-state index in [1.807, 2.05) is 0 Å². The van der Waals surface area contributed by atoms with E-state index in [0.29, 0.717) is 6.61 Å². The third-order valence-electron chi connectivity index (χ3n) is 1.33. The molecule has 1 N–H and O–H groups in total. The van der Waals surface area contributed by atoms with Crippen molar-refractivity contribution in [1.29, 1.82) is 0 Å². The van der Waals surface area contributed by atoms with Gasteiger partial charge in [-0.25, -0.2) is 4.79 Å². The van der Waals surface area contributed by atoms with Crippen LogP contribution in [0.3, 0.4) is 0 Å². The van der Waals surface area contributed by atoms with E-state index in [1.54, 1.807) is 43.4 Å². The van der Waals surface area contributed by atoms with Gasteiger partial charge >= 0.3 is 5.97 Å². The van der Waals surface area contributed by atoms with Gasteiger partial charge < -0.3 is 9.84 Å². The number of hydrogen-bond donors (Lipinski definition) is 1. The number of esters is 1. The minimum Gasteiger partial charge on any atom is -0.463 e. The van der Waals surface area contributed by atoms with Crippen LogP contribution in [0.1, 0.15) is 20.8 Å². The van der Waals surface area contributed by atoms with Crippen LogP contribution in [0.2, 0.25) is 0 Å². The molecular formula is C7H13IO3. The smallest absolute Gasteiger partial charge is 0.348 e. The summed E-state index contributed by atoms with van der Waals surface area (Å²) in [5, 5.41) is 9.50. The summed E-state index contributed by atoms with van der Waals surface area (Å²) < 4.78 is 3.29. The minimum absolute atomic E-state index is 0.137. The van der Waals surface area contributed by atoms with Crippen LogP contribution >= 0.6 is 22.6 Å². The van der Waals surface area contributed by atoms with Crippen LogP contribution < -0.4 is 0 Å². The zero-order valence-corrected chi connectivity index (χ0v) is 9.08. The van der Waals surface area contributed by atoms with Gasteiger partial charge in [0.25, 0.3) is 0 Å². The quantitative estimate of drug-likeness (QED) is 0.479. The molecule has 0 fully saturated rings. The van der Waals surface area contributed by atoms with Crippen molar-refractivity contribution in [2.24, 2.45) is 5.92 Å². The van der Waals surface area contributed by atoms with E-state index in [4.69, 9.17) is 0 Å². The van der Waals surface area contributed by atoms with Crippen molar-refractivity contribution in [2.45, 2.75) is 24.4 Å². The lowest BCUT2D eigenvalue weighted by Crippen LogP contribution is -2.38. The summed E-state index contributed by atoms with van der Waals surface area (Å²) in [4.78, 5) is 11.0. The van der Waals surface area contributed by atoms with Crippen molar-refractivity contribution in [1.82, 2.24) is 0 Å². The highest BCUT2D eigenvalue weighted by Crippen LogP contribution is 2.26. The molecule has 0 spiro atoms. The maximum absolute atomic E-state index is 11.0. The number of rotatable bonds is 3. The van der Waals surface area contributed by atoms with Crippen molar-refractivity contribution < 1.29 is 14.6 Å². The number of aliphatic hydroxyl groups is 1. The van der Waals surface area contributed by atoms with E-state index in [9.17, 15) is 9.90 Å². The van der Waals surface area contributed by atoms with Crippen LogP contribution in [0.25, 0.3) is 0 Å². The number of ether oxygens (including phenoxy) is 1. The summed E-state index contributed by atoms with van der Waals surface area (Å²) >= 11 is 1.70. The number of carbonyl (C=O) groups is 1. The van der Waals surface area contributed by atoms with E-state index >= 15 is 0 Å². The fourth-order valence-electron chi connectivity index (χ4n) is 0.468. The van der Waals surface area contributed by atoms with Gasteiger partial charge in [-0.15, -0.1) is 0 Å². The first-order chi connectivity index (χ1) is 4.92. The van der Waals surface area contributed by atoms with Crippen molar-refractivity contribution in [3.05, 3.63) is 0 Å². The van der Waals surface area contributed by atoms with Crippen LogP contribution in [0.15, 0.2) is 0 Å². The average Bonchev–Trinajstić information content (AvgIpc) is 1.88. The van der Waals surface area contributed by atoms with E-state index in [1.165, 1.54) is 0 Å². The summed E-state index contributed by atoms with van der Waals surface area (Å²) in [5.74, 6) is -0.697. The molecule has 0 heterocycles.